The zero-order chi connectivity index (χ0) is 18.2. The second-order valence-corrected chi connectivity index (χ2v) is 6.85. The molecule has 134 valence electrons. The molecule has 0 aliphatic heterocycles. The van der Waals surface area contributed by atoms with E-state index in [2.05, 4.69) is 22.4 Å². The van der Waals surface area contributed by atoms with Crippen molar-refractivity contribution >= 4 is 28.2 Å². The molecular weight excluding hydrogens is 338 g/mol. The first kappa shape index (κ1) is 19.1. The number of unbranched alkanes of at least 4 members (excludes halogenated alkanes) is 2. The zero-order valence-electron chi connectivity index (χ0n) is 14.7. The number of nitrogens with zero attached hydrogens (tertiary/aromatic N) is 2. The van der Waals surface area contributed by atoms with E-state index in [-0.39, 0.29) is 11.7 Å². The monoisotopic (exact) mass is 361 g/mol. The fourth-order valence-electron chi connectivity index (χ4n) is 2.18. The van der Waals surface area contributed by atoms with Gasteiger partial charge in [0.2, 0.25) is 5.13 Å². The van der Waals surface area contributed by atoms with E-state index in [9.17, 15) is 9.59 Å². The summed E-state index contributed by atoms with van der Waals surface area (Å²) in [4.78, 5) is 23.6. The van der Waals surface area contributed by atoms with Gasteiger partial charge in [0.05, 0.1) is 0 Å². The molecule has 1 atom stereocenters. The summed E-state index contributed by atoms with van der Waals surface area (Å²) in [6.45, 7) is 5.29. The van der Waals surface area contributed by atoms with Crippen LogP contribution in [0.1, 0.15) is 55.4 Å². The Hall–Kier alpha value is -2.28. The highest BCUT2D eigenvalue weighted by molar-refractivity contribution is 7.15. The van der Waals surface area contributed by atoms with Crippen LogP contribution in [-0.4, -0.2) is 28.0 Å². The van der Waals surface area contributed by atoms with Crippen molar-refractivity contribution in [1.29, 1.82) is 0 Å². The fraction of sp³-hybridized carbons (Fsp3) is 0.444. The molecule has 7 heteroatoms. The van der Waals surface area contributed by atoms with Crippen LogP contribution >= 0.6 is 11.3 Å². The minimum Gasteiger partial charge on any atom is -0.481 e. The highest BCUT2D eigenvalue weighted by Gasteiger charge is 2.17. The maximum atomic E-state index is 12.2. The molecule has 6 nitrogen and oxygen atoms in total. The van der Waals surface area contributed by atoms with E-state index in [1.165, 1.54) is 18.3 Å². The maximum Gasteiger partial charge on any atom is 0.266 e. The van der Waals surface area contributed by atoms with Gasteiger partial charge in [-0.15, -0.1) is 10.2 Å². The molecule has 0 saturated carbocycles. The molecule has 0 fully saturated rings. The number of Topliss-reactive ketones (excluding diaryl/α,β-unsaturated/α-hetero) is 1. The molecule has 0 saturated heterocycles. The van der Waals surface area contributed by atoms with Crippen molar-refractivity contribution in [3.8, 4) is 5.75 Å². The van der Waals surface area contributed by atoms with E-state index >= 15 is 0 Å². The molecule has 2 rings (SSSR count). The molecule has 1 heterocycles. The Morgan fingerprint density at radius 1 is 1.28 bits per heavy atom. The quantitative estimate of drug-likeness (QED) is 0.541. The Morgan fingerprint density at radius 2 is 2.08 bits per heavy atom. The Bertz CT molecular complexity index is 730. The molecule has 0 bridgehead atoms. The number of nitrogens with one attached hydrogen (secondary N) is 1. The third-order valence-corrected chi connectivity index (χ3v) is 4.51. The SMILES string of the molecule is CCCCCc1nnc(NC(=O)C(C)Oc2cccc(C(C)=O)c2)s1. The highest BCUT2D eigenvalue weighted by atomic mass is 32.1. The van der Waals surface area contributed by atoms with Gasteiger partial charge in [-0.25, -0.2) is 0 Å². The first-order chi connectivity index (χ1) is 12.0. The van der Waals surface area contributed by atoms with E-state index in [0.717, 1.165) is 30.7 Å². The van der Waals surface area contributed by atoms with Crippen LogP contribution in [0.4, 0.5) is 5.13 Å². The molecule has 0 spiro atoms. The van der Waals surface area contributed by atoms with Gasteiger partial charge in [0.1, 0.15) is 10.8 Å². The molecule has 2 aromatic rings. The van der Waals surface area contributed by atoms with E-state index in [1.54, 1.807) is 31.2 Å². The predicted molar refractivity (Wildman–Crippen MR) is 98.3 cm³/mol. The second-order valence-electron chi connectivity index (χ2n) is 5.79. The van der Waals surface area contributed by atoms with Gasteiger partial charge in [-0.2, -0.15) is 0 Å². The molecule has 1 aromatic heterocycles. The number of anilines is 1. The molecule has 1 unspecified atom stereocenters. The third kappa shape index (κ3) is 5.94. The molecule has 0 aliphatic rings. The summed E-state index contributed by atoms with van der Waals surface area (Å²) < 4.78 is 5.62. The topological polar surface area (TPSA) is 81.2 Å². The van der Waals surface area contributed by atoms with Crippen LogP contribution in [0.15, 0.2) is 24.3 Å². The summed E-state index contributed by atoms with van der Waals surface area (Å²) in [5.74, 6) is 0.129. The van der Waals surface area contributed by atoms with Gasteiger partial charge in [0.15, 0.2) is 11.9 Å². The van der Waals surface area contributed by atoms with Crippen molar-refractivity contribution < 1.29 is 14.3 Å². The zero-order valence-corrected chi connectivity index (χ0v) is 15.6. The van der Waals surface area contributed by atoms with Gasteiger partial charge in [0.25, 0.3) is 5.91 Å². The van der Waals surface area contributed by atoms with Gasteiger partial charge < -0.3 is 4.74 Å². The molecule has 1 N–H and O–H groups in total. The number of aromatic nitrogens is 2. The summed E-state index contributed by atoms with van der Waals surface area (Å²) in [6, 6.07) is 6.78. The maximum absolute atomic E-state index is 12.2. The van der Waals surface area contributed by atoms with Crippen LogP contribution in [0.3, 0.4) is 0 Å². The van der Waals surface area contributed by atoms with Crippen LogP contribution < -0.4 is 10.1 Å². The average molecular weight is 361 g/mol. The lowest BCUT2D eigenvalue weighted by molar-refractivity contribution is -0.122. The minimum absolute atomic E-state index is 0.0491. The van der Waals surface area contributed by atoms with Crippen molar-refractivity contribution in [1.82, 2.24) is 10.2 Å². The first-order valence-electron chi connectivity index (χ1n) is 8.40. The molecule has 1 amide bonds. The van der Waals surface area contributed by atoms with Crippen LogP contribution in [0.5, 0.6) is 5.75 Å². The number of aryl methyl sites for hydroxylation is 1. The van der Waals surface area contributed by atoms with Crippen molar-refractivity contribution in [3.63, 3.8) is 0 Å². The Morgan fingerprint density at radius 3 is 2.80 bits per heavy atom. The molecule has 25 heavy (non-hydrogen) atoms. The van der Waals surface area contributed by atoms with Crippen LogP contribution in [0, 0.1) is 0 Å². The Balaban J connectivity index is 1.90. The second kappa shape index (κ2) is 9.27. The molecule has 0 radical (unpaired) electrons. The molecular formula is C18H23N3O3S. The summed E-state index contributed by atoms with van der Waals surface area (Å²) >= 11 is 1.39. The van der Waals surface area contributed by atoms with Crippen molar-refractivity contribution in [3.05, 3.63) is 34.8 Å². The van der Waals surface area contributed by atoms with E-state index in [4.69, 9.17) is 4.74 Å². The summed E-state index contributed by atoms with van der Waals surface area (Å²) in [7, 11) is 0. The van der Waals surface area contributed by atoms with Gasteiger partial charge in [-0.05, 0) is 32.4 Å². The number of ether oxygens (including phenoxy) is 1. The predicted octanol–water partition coefficient (Wildman–Crippen LogP) is 3.88. The largest absolute Gasteiger partial charge is 0.481 e. The van der Waals surface area contributed by atoms with Gasteiger partial charge >= 0.3 is 0 Å². The number of carbonyl (C=O) groups excluding carboxylic acids is 2. The lowest BCUT2D eigenvalue weighted by Gasteiger charge is -2.14. The number of rotatable bonds is 9. The normalized spacial score (nSPS) is 11.8. The number of benzene rings is 1. The van der Waals surface area contributed by atoms with Crippen molar-refractivity contribution in [2.24, 2.45) is 0 Å². The number of hydrogen-bond donors (Lipinski definition) is 1. The molecule has 1 aromatic carbocycles. The highest BCUT2D eigenvalue weighted by Crippen LogP contribution is 2.19. The van der Waals surface area contributed by atoms with Crippen LogP contribution in [0.25, 0.3) is 0 Å². The standard InChI is InChI=1S/C18H23N3O3S/c1-4-5-6-10-16-20-21-18(25-16)19-17(23)13(3)24-15-9-7-8-14(11-15)12(2)22/h7-9,11,13H,4-6,10H2,1-3H3,(H,19,21,23). The number of amides is 1. The van der Waals surface area contributed by atoms with E-state index < -0.39 is 6.10 Å². The van der Waals surface area contributed by atoms with Crippen molar-refractivity contribution in [2.75, 3.05) is 5.32 Å². The third-order valence-electron chi connectivity index (χ3n) is 3.61. The van der Waals surface area contributed by atoms with E-state index in [0.29, 0.717) is 16.4 Å². The Labute approximate surface area is 151 Å². The van der Waals surface area contributed by atoms with Gasteiger partial charge in [-0.3, -0.25) is 14.9 Å². The smallest absolute Gasteiger partial charge is 0.266 e. The lowest BCUT2D eigenvalue weighted by atomic mass is 10.1. The van der Waals surface area contributed by atoms with E-state index in [1.807, 2.05) is 0 Å². The molecule has 0 aliphatic carbocycles. The number of ketones is 1. The Kier molecular flexibility index (Phi) is 7.06. The number of carbonyl (C=O) groups is 2. The van der Waals surface area contributed by atoms with Crippen molar-refractivity contribution in [2.45, 2.75) is 52.6 Å². The minimum atomic E-state index is -0.713. The van der Waals surface area contributed by atoms with Gasteiger partial charge in [-0.1, -0.05) is 43.2 Å². The summed E-state index contributed by atoms with van der Waals surface area (Å²) in [5, 5.41) is 12.2. The first-order valence-corrected chi connectivity index (χ1v) is 9.22. The fourth-order valence-corrected chi connectivity index (χ4v) is 2.97. The summed E-state index contributed by atoms with van der Waals surface area (Å²) in [6.07, 6.45) is 3.55. The van der Waals surface area contributed by atoms with Crippen LogP contribution in [0.2, 0.25) is 0 Å². The van der Waals surface area contributed by atoms with Crippen LogP contribution in [-0.2, 0) is 11.2 Å². The lowest BCUT2D eigenvalue weighted by Crippen LogP contribution is -2.30. The number of hydrogen-bond acceptors (Lipinski definition) is 6. The van der Waals surface area contributed by atoms with Gasteiger partial charge in [0, 0.05) is 12.0 Å². The summed E-state index contributed by atoms with van der Waals surface area (Å²) in [5.41, 5.74) is 0.547. The average Bonchev–Trinajstić information content (AvgIpc) is 3.02.